The van der Waals surface area contributed by atoms with Gasteiger partial charge in [0.2, 0.25) is 0 Å². The fourth-order valence-electron chi connectivity index (χ4n) is 2.80. The van der Waals surface area contributed by atoms with E-state index >= 15 is 0 Å². The molecule has 0 saturated carbocycles. The molecule has 1 aliphatic heterocycles. The van der Waals surface area contributed by atoms with Crippen LogP contribution in [0.3, 0.4) is 0 Å². The summed E-state index contributed by atoms with van der Waals surface area (Å²) in [6, 6.07) is 0. The van der Waals surface area contributed by atoms with Crippen LogP contribution in [-0.2, 0) is 0 Å². The van der Waals surface area contributed by atoms with Crippen molar-refractivity contribution in [1.82, 2.24) is 4.90 Å². The van der Waals surface area contributed by atoms with E-state index in [1.54, 1.807) is 0 Å². The monoisotopic (exact) mass is 197 g/mol. The number of unbranched alkanes of at least 4 members (excludes halogenated alkanes) is 1. The number of nitrogens with zero attached hydrogens (tertiary/aromatic N) is 1. The number of likely N-dealkylation sites (tertiary alicyclic amines) is 1. The van der Waals surface area contributed by atoms with Crippen molar-refractivity contribution in [2.45, 2.75) is 58.8 Å². The normalized spacial score (nSPS) is 22.5. The van der Waals surface area contributed by atoms with E-state index in [2.05, 4.69) is 25.8 Å². The van der Waals surface area contributed by atoms with Gasteiger partial charge in [0.1, 0.15) is 0 Å². The molecule has 0 unspecified atom stereocenters. The predicted octanol–water partition coefficient (Wildman–Crippen LogP) is 3.69. The van der Waals surface area contributed by atoms with Crippen molar-refractivity contribution in [3.63, 3.8) is 0 Å². The second-order valence-electron chi connectivity index (χ2n) is 5.16. The maximum absolute atomic E-state index is 2.49. The molecule has 0 amide bonds. The molecule has 14 heavy (non-hydrogen) atoms. The molecule has 0 N–H and O–H groups in total. The first-order valence-corrected chi connectivity index (χ1v) is 6.41. The molecule has 1 aliphatic rings. The minimum absolute atomic E-state index is 0.720. The minimum atomic E-state index is 0.720. The van der Waals surface area contributed by atoms with E-state index in [-0.39, 0.29) is 0 Å². The van der Waals surface area contributed by atoms with Gasteiger partial charge in [-0.25, -0.2) is 0 Å². The molecule has 0 spiro atoms. The molecule has 0 radical (unpaired) electrons. The molecule has 0 aromatic heterocycles. The van der Waals surface area contributed by atoms with Gasteiger partial charge in [-0.2, -0.15) is 0 Å². The highest BCUT2D eigenvalue weighted by Gasteiger charge is 2.31. The molecule has 1 rings (SSSR count). The van der Waals surface area contributed by atoms with Gasteiger partial charge in [0.15, 0.2) is 0 Å². The molecule has 0 aromatic rings. The number of rotatable bonds is 5. The van der Waals surface area contributed by atoms with Crippen LogP contribution in [0, 0.1) is 5.41 Å². The first-order valence-electron chi connectivity index (χ1n) is 6.41. The lowest BCUT2D eigenvalue weighted by molar-refractivity contribution is 0.0990. The standard InChI is InChI=1S/C13H27N/c1-4-6-8-13(7-5-2)9-11-14(3)12-10-13/h4-12H2,1-3H3. The van der Waals surface area contributed by atoms with E-state index in [0.717, 1.165) is 5.41 Å². The predicted molar refractivity (Wildman–Crippen MR) is 63.6 cm³/mol. The van der Waals surface area contributed by atoms with Crippen LogP contribution < -0.4 is 0 Å². The Hall–Kier alpha value is -0.0400. The van der Waals surface area contributed by atoms with Gasteiger partial charge in [-0.1, -0.05) is 33.1 Å². The molecule has 0 atom stereocenters. The van der Waals surface area contributed by atoms with Gasteiger partial charge in [-0.3, -0.25) is 0 Å². The van der Waals surface area contributed by atoms with E-state index in [4.69, 9.17) is 0 Å². The average Bonchev–Trinajstić information content (AvgIpc) is 2.20. The molecule has 84 valence electrons. The van der Waals surface area contributed by atoms with Gasteiger partial charge < -0.3 is 4.90 Å². The third kappa shape index (κ3) is 3.27. The lowest BCUT2D eigenvalue weighted by atomic mass is 9.71. The van der Waals surface area contributed by atoms with E-state index in [9.17, 15) is 0 Å². The Bertz CT molecular complexity index is 140. The van der Waals surface area contributed by atoms with Gasteiger partial charge in [0, 0.05) is 0 Å². The third-order valence-corrected chi connectivity index (χ3v) is 3.89. The first kappa shape index (κ1) is 12.0. The van der Waals surface area contributed by atoms with Gasteiger partial charge in [0.25, 0.3) is 0 Å². The summed E-state index contributed by atoms with van der Waals surface area (Å²) in [5.74, 6) is 0. The Labute approximate surface area is 89.9 Å². The second-order valence-corrected chi connectivity index (χ2v) is 5.16. The Morgan fingerprint density at radius 3 is 2.14 bits per heavy atom. The molecule has 1 nitrogen and oxygen atoms in total. The third-order valence-electron chi connectivity index (χ3n) is 3.89. The van der Waals surface area contributed by atoms with Crippen LogP contribution in [0.1, 0.15) is 58.8 Å². The molecule has 0 bridgehead atoms. The zero-order chi connectivity index (χ0) is 10.4. The fourth-order valence-corrected chi connectivity index (χ4v) is 2.80. The van der Waals surface area contributed by atoms with Crippen molar-refractivity contribution in [1.29, 1.82) is 0 Å². The van der Waals surface area contributed by atoms with Crippen molar-refractivity contribution in [2.24, 2.45) is 5.41 Å². The van der Waals surface area contributed by atoms with Gasteiger partial charge in [-0.15, -0.1) is 0 Å². The van der Waals surface area contributed by atoms with Crippen LogP contribution in [0.15, 0.2) is 0 Å². The summed E-state index contributed by atoms with van der Waals surface area (Å²) in [6.07, 6.45) is 9.99. The van der Waals surface area contributed by atoms with Crippen molar-refractivity contribution in [2.75, 3.05) is 20.1 Å². The van der Waals surface area contributed by atoms with Gasteiger partial charge >= 0.3 is 0 Å². The summed E-state index contributed by atoms with van der Waals surface area (Å²) >= 11 is 0. The largest absolute Gasteiger partial charge is 0.306 e. The molecule has 1 heteroatoms. The summed E-state index contributed by atoms with van der Waals surface area (Å²) in [4.78, 5) is 2.49. The van der Waals surface area contributed by atoms with E-state index < -0.39 is 0 Å². The van der Waals surface area contributed by atoms with Crippen LogP contribution in [0.4, 0.5) is 0 Å². The lowest BCUT2D eigenvalue weighted by Gasteiger charge is -2.41. The summed E-state index contributed by atoms with van der Waals surface area (Å²) in [7, 11) is 2.26. The van der Waals surface area contributed by atoms with Gasteiger partial charge in [-0.05, 0) is 51.2 Å². The molecule has 1 fully saturated rings. The van der Waals surface area contributed by atoms with Gasteiger partial charge in [0.05, 0.1) is 0 Å². The summed E-state index contributed by atoms with van der Waals surface area (Å²) in [6.45, 7) is 7.30. The van der Waals surface area contributed by atoms with E-state index in [1.807, 2.05) is 0 Å². The maximum Gasteiger partial charge on any atom is -0.00165 e. The van der Waals surface area contributed by atoms with Crippen LogP contribution in [0.2, 0.25) is 0 Å². The smallest absolute Gasteiger partial charge is 0.00165 e. The van der Waals surface area contributed by atoms with Crippen molar-refractivity contribution >= 4 is 0 Å². The Morgan fingerprint density at radius 1 is 1.00 bits per heavy atom. The zero-order valence-corrected chi connectivity index (χ0v) is 10.3. The first-order chi connectivity index (χ1) is 6.72. The summed E-state index contributed by atoms with van der Waals surface area (Å²) in [5.41, 5.74) is 0.720. The number of hydrogen-bond acceptors (Lipinski definition) is 1. The average molecular weight is 197 g/mol. The highest BCUT2D eigenvalue weighted by Crippen LogP contribution is 2.40. The minimum Gasteiger partial charge on any atom is -0.306 e. The zero-order valence-electron chi connectivity index (χ0n) is 10.3. The van der Waals surface area contributed by atoms with Crippen LogP contribution in [-0.4, -0.2) is 25.0 Å². The maximum atomic E-state index is 2.49. The Balaban J connectivity index is 2.44. The topological polar surface area (TPSA) is 3.24 Å². The lowest BCUT2D eigenvalue weighted by Crippen LogP contribution is -2.37. The highest BCUT2D eigenvalue weighted by molar-refractivity contribution is 4.84. The van der Waals surface area contributed by atoms with Crippen LogP contribution in [0.5, 0.6) is 0 Å². The van der Waals surface area contributed by atoms with Crippen molar-refractivity contribution in [3.8, 4) is 0 Å². The molecular weight excluding hydrogens is 170 g/mol. The summed E-state index contributed by atoms with van der Waals surface area (Å²) in [5, 5.41) is 0. The SMILES string of the molecule is CCCCC1(CCC)CCN(C)CC1. The molecule has 0 aromatic carbocycles. The van der Waals surface area contributed by atoms with Crippen molar-refractivity contribution < 1.29 is 0 Å². The molecule has 0 aliphatic carbocycles. The van der Waals surface area contributed by atoms with Crippen LogP contribution >= 0.6 is 0 Å². The fraction of sp³-hybridized carbons (Fsp3) is 1.00. The molecule has 1 saturated heterocycles. The Morgan fingerprint density at radius 2 is 1.64 bits per heavy atom. The number of hydrogen-bond donors (Lipinski definition) is 0. The quantitative estimate of drug-likeness (QED) is 0.650. The van der Waals surface area contributed by atoms with Crippen molar-refractivity contribution in [3.05, 3.63) is 0 Å². The Kier molecular flexibility index (Phi) is 4.94. The highest BCUT2D eigenvalue weighted by atomic mass is 15.1. The summed E-state index contributed by atoms with van der Waals surface area (Å²) < 4.78 is 0. The second kappa shape index (κ2) is 5.75. The molecule has 1 heterocycles. The van der Waals surface area contributed by atoms with E-state index in [1.165, 1.54) is 58.0 Å². The molecular formula is C13H27N. The van der Waals surface area contributed by atoms with Crippen LogP contribution in [0.25, 0.3) is 0 Å². The van der Waals surface area contributed by atoms with E-state index in [0.29, 0.717) is 0 Å². The number of piperidine rings is 1.